The molecule has 2 aromatic rings. The Morgan fingerprint density at radius 2 is 1.88 bits per heavy atom. The van der Waals surface area contributed by atoms with Crippen molar-refractivity contribution < 1.29 is 18.0 Å². The first-order valence-corrected chi connectivity index (χ1v) is 7.66. The summed E-state index contributed by atoms with van der Waals surface area (Å²) in [5.74, 6) is -0.445. The minimum Gasteiger partial charge on any atom is -0.313 e. The Morgan fingerprint density at radius 3 is 2.58 bits per heavy atom. The van der Waals surface area contributed by atoms with Crippen molar-refractivity contribution in [3.63, 3.8) is 0 Å². The molecule has 0 radical (unpaired) electrons. The van der Waals surface area contributed by atoms with Crippen molar-refractivity contribution in [2.24, 2.45) is 0 Å². The molecule has 2 heterocycles. The van der Waals surface area contributed by atoms with Crippen LogP contribution in [0.3, 0.4) is 0 Å². The summed E-state index contributed by atoms with van der Waals surface area (Å²) in [6, 6.07) is 9.07. The molecule has 7 heteroatoms. The average Bonchev–Trinajstić information content (AvgIpc) is 2.98. The van der Waals surface area contributed by atoms with E-state index in [2.05, 4.69) is 5.32 Å². The van der Waals surface area contributed by atoms with Gasteiger partial charge in [-0.25, -0.2) is 0 Å². The second-order valence-corrected chi connectivity index (χ2v) is 6.42. The fourth-order valence-electron chi connectivity index (χ4n) is 3.70. The van der Waals surface area contributed by atoms with Crippen molar-refractivity contribution in [3.8, 4) is 0 Å². The predicted octanol–water partition coefficient (Wildman–Crippen LogP) is 3.77. The number of nitrogens with zero attached hydrogens (tertiary/aromatic N) is 1. The molecule has 4 rings (SSSR count). The number of carbonyl (C=O) groups is 1. The first-order valence-electron chi connectivity index (χ1n) is 7.29. The molecule has 1 N–H and O–H groups in total. The summed E-state index contributed by atoms with van der Waals surface area (Å²) in [4.78, 5) is 14.4. The van der Waals surface area contributed by atoms with Crippen LogP contribution >= 0.6 is 11.6 Å². The van der Waals surface area contributed by atoms with Crippen LogP contribution in [-0.2, 0) is 10.3 Å². The van der Waals surface area contributed by atoms with Gasteiger partial charge in [0.2, 0.25) is 0 Å². The van der Waals surface area contributed by atoms with Crippen LogP contribution in [0.2, 0.25) is 5.02 Å². The fourth-order valence-corrected chi connectivity index (χ4v) is 3.87. The number of anilines is 1. The van der Waals surface area contributed by atoms with E-state index in [9.17, 15) is 18.0 Å². The first kappa shape index (κ1) is 15.5. The highest BCUT2D eigenvalue weighted by Crippen LogP contribution is 2.53. The third-order valence-corrected chi connectivity index (χ3v) is 4.95. The summed E-state index contributed by atoms with van der Waals surface area (Å²) in [6.45, 7) is 0. The van der Waals surface area contributed by atoms with Crippen LogP contribution < -0.4 is 10.2 Å². The van der Waals surface area contributed by atoms with Gasteiger partial charge in [0.05, 0.1) is 0 Å². The first-order chi connectivity index (χ1) is 11.3. The zero-order chi connectivity index (χ0) is 17.3. The summed E-state index contributed by atoms with van der Waals surface area (Å²) >= 11 is 6.05. The van der Waals surface area contributed by atoms with E-state index >= 15 is 0 Å². The molecule has 2 aliphatic rings. The Hall–Kier alpha value is -2.05. The lowest BCUT2D eigenvalue weighted by molar-refractivity contribution is -0.159. The van der Waals surface area contributed by atoms with E-state index in [-0.39, 0.29) is 5.56 Å². The van der Waals surface area contributed by atoms with Crippen molar-refractivity contribution in [2.75, 3.05) is 11.9 Å². The topological polar surface area (TPSA) is 32.3 Å². The minimum absolute atomic E-state index is 0.0691. The van der Waals surface area contributed by atoms with Gasteiger partial charge in [-0.2, -0.15) is 13.2 Å². The summed E-state index contributed by atoms with van der Waals surface area (Å²) in [5, 5.41) is 2.93. The second kappa shape index (κ2) is 4.74. The van der Waals surface area contributed by atoms with E-state index in [0.717, 1.165) is 0 Å². The van der Waals surface area contributed by atoms with E-state index in [1.165, 1.54) is 11.0 Å². The molecule has 0 bridgehead atoms. The zero-order valence-corrected chi connectivity index (χ0v) is 13.2. The number of hydrogen-bond acceptors (Lipinski definition) is 2. The maximum absolute atomic E-state index is 13.5. The lowest BCUT2D eigenvalue weighted by Gasteiger charge is -2.26. The normalized spacial score (nSPS) is 25.3. The Balaban J connectivity index is 2.03. The Labute approximate surface area is 141 Å². The number of amides is 1. The number of rotatable bonds is 0. The van der Waals surface area contributed by atoms with Gasteiger partial charge < -0.3 is 4.90 Å². The fraction of sp³-hybridized carbons (Fsp3) is 0.235. The molecule has 24 heavy (non-hydrogen) atoms. The minimum atomic E-state index is -4.51. The molecule has 3 nitrogen and oxygen atoms in total. The van der Waals surface area contributed by atoms with E-state index in [4.69, 9.17) is 11.6 Å². The predicted molar refractivity (Wildman–Crippen MR) is 84.0 cm³/mol. The quantitative estimate of drug-likeness (QED) is 0.783. The number of benzene rings is 2. The Morgan fingerprint density at radius 1 is 1.17 bits per heavy atom. The molecular formula is C17H12ClF3N2O. The van der Waals surface area contributed by atoms with Gasteiger partial charge in [0.15, 0.2) is 5.54 Å². The number of likely N-dealkylation sites (N-methyl/N-ethyl adjacent to an activating group) is 1. The number of nitrogens with one attached hydrogen (secondary N) is 1. The summed E-state index contributed by atoms with van der Waals surface area (Å²) in [6.07, 6.45) is -4.51. The monoisotopic (exact) mass is 352 g/mol. The van der Waals surface area contributed by atoms with Crippen molar-refractivity contribution in [1.29, 1.82) is 0 Å². The maximum Gasteiger partial charge on any atom is 0.407 e. The Kier molecular flexibility index (Phi) is 3.06. The highest BCUT2D eigenvalue weighted by molar-refractivity contribution is 6.31. The van der Waals surface area contributed by atoms with Crippen molar-refractivity contribution in [1.82, 2.24) is 5.32 Å². The molecular weight excluding hydrogens is 341 g/mol. The lowest BCUT2D eigenvalue weighted by Crippen LogP contribution is -2.49. The molecule has 2 atom stereocenters. The van der Waals surface area contributed by atoms with E-state index < -0.39 is 23.7 Å². The summed E-state index contributed by atoms with van der Waals surface area (Å²) in [7, 11) is 1.55. The molecule has 0 fully saturated rings. The van der Waals surface area contributed by atoms with Crippen molar-refractivity contribution >= 4 is 23.2 Å². The van der Waals surface area contributed by atoms with Gasteiger partial charge >= 0.3 is 6.18 Å². The number of halogens is 4. The van der Waals surface area contributed by atoms with Crippen LogP contribution in [0.1, 0.15) is 22.7 Å². The number of alkyl halides is 3. The zero-order valence-electron chi connectivity index (χ0n) is 12.5. The third kappa shape index (κ3) is 1.81. The van der Waals surface area contributed by atoms with Crippen LogP contribution in [0.15, 0.2) is 42.5 Å². The largest absolute Gasteiger partial charge is 0.407 e. The molecule has 2 unspecified atom stereocenters. The number of carbonyl (C=O) groups excluding carboxylic acids is 1. The van der Waals surface area contributed by atoms with Gasteiger partial charge in [-0.15, -0.1) is 0 Å². The molecule has 2 aromatic carbocycles. The molecule has 0 saturated carbocycles. The van der Waals surface area contributed by atoms with Gasteiger partial charge in [0.1, 0.15) is 6.04 Å². The maximum atomic E-state index is 13.5. The SMILES string of the molecule is CN1C(=O)C2(NC(C(F)(F)F)c3ccccc32)c2cc(Cl)ccc21. The van der Waals surface area contributed by atoms with Gasteiger partial charge in [0, 0.05) is 23.3 Å². The molecule has 2 aliphatic heterocycles. The molecule has 1 amide bonds. The van der Waals surface area contributed by atoms with Crippen LogP contribution in [0, 0.1) is 0 Å². The number of fused-ring (bicyclic) bond motifs is 4. The lowest BCUT2D eigenvalue weighted by atomic mass is 9.84. The number of hydrogen-bond donors (Lipinski definition) is 1. The van der Waals surface area contributed by atoms with Crippen LogP contribution in [0.4, 0.5) is 18.9 Å². The molecule has 124 valence electrons. The summed E-state index contributed by atoms with van der Waals surface area (Å²) in [5.41, 5.74) is -0.174. The standard InChI is InChI=1S/C17H12ClF3N2O/c1-23-13-7-6-9(18)8-12(13)16(15(23)24)11-5-3-2-4-10(11)14(22-16)17(19,20)21/h2-8,14,22H,1H3. The van der Waals surface area contributed by atoms with Gasteiger partial charge in [-0.05, 0) is 29.3 Å². The van der Waals surface area contributed by atoms with Gasteiger partial charge in [0.25, 0.3) is 5.91 Å². The highest BCUT2D eigenvalue weighted by atomic mass is 35.5. The van der Waals surface area contributed by atoms with Crippen molar-refractivity contribution in [3.05, 3.63) is 64.2 Å². The van der Waals surface area contributed by atoms with E-state index in [1.54, 1.807) is 43.4 Å². The molecule has 0 aromatic heterocycles. The Bertz CT molecular complexity index is 867. The van der Waals surface area contributed by atoms with E-state index in [0.29, 0.717) is 21.8 Å². The van der Waals surface area contributed by atoms with Crippen LogP contribution in [-0.4, -0.2) is 19.1 Å². The highest BCUT2D eigenvalue weighted by Gasteiger charge is 2.61. The third-order valence-electron chi connectivity index (χ3n) is 4.71. The smallest absolute Gasteiger partial charge is 0.313 e. The molecule has 0 aliphatic carbocycles. The molecule has 0 saturated heterocycles. The second-order valence-electron chi connectivity index (χ2n) is 5.98. The van der Waals surface area contributed by atoms with Gasteiger partial charge in [-0.3, -0.25) is 10.1 Å². The average molecular weight is 353 g/mol. The molecule has 1 spiro atoms. The van der Waals surface area contributed by atoms with Crippen LogP contribution in [0.5, 0.6) is 0 Å². The summed E-state index contributed by atoms with van der Waals surface area (Å²) < 4.78 is 40.6. The van der Waals surface area contributed by atoms with Crippen molar-refractivity contribution in [2.45, 2.75) is 17.8 Å². The van der Waals surface area contributed by atoms with Gasteiger partial charge in [-0.1, -0.05) is 35.9 Å². The van der Waals surface area contributed by atoms with Crippen LogP contribution in [0.25, 0.3) is 0 Å². The van der Waals surface area contributed by atoms with E-state index in [1.807, 2.05) is 0 Å².